The van der Waals surface area contributed by atoms with Crippen molar-refractivity contribution in [1.82, 2.24) is 15.1 Å². The van der Waals surface area contributed by atoms with E-state index in [-0.39, 0.29) is 12.5 Å². The predicted molar refractivity (Wildman–Crippen MR) is 119 cm³/mol. The van der Waals surface area contributed by atoms with Crippen molar-refractivity contribution in [3.8, 4) is 9.88 Å². The van der Waals surface area contributed by atoms with Crippen molar-refractivity contribution in [2.24, 2.45) is 0 Å². The van der Waals surface area contributed by atoms with Gasteiger partial charge in [0.1, 0.15) is 0 Å². The number of thiophene rings is 1. The molecule has 0 saturated heterocycles. The minimum atomic E-state index is -0.0919. The van der Waals surface area contributed by atoms with Gasteiger partial charge in [-0.15, -0.1) is 21.5 Å². The summed E-state index contributed by atoms with van der Waals surface area (Å²) in [5.41, 5.74) is 2.35. The molecule has 0 saturated carbocycles. The van der Waals surface area contributed by atoms with Crippen molar-refractivity contribution in [1.29, 1.82) is 0 Å². The summed E-state index contributed by atoms with van der Waals surface area (Å²) in [4.78, 5) is 15.9. The number of anilines is 1. The molecule has 0 bridgehead atoms. The Morgan fingerprint density at radius 3 is 2.10 bits per heavy atom. The maximum atomic E-state index is 12.7. The molecule has 7 heteroatoms. The van der Waals surface area contributed by atoms with Gasteiger partial charge in [0.25, 0.3) is 0 Å². The van der Waals surface area contributed by atoms with Crippen molar-refractivity contribution in [3.05, 3.63) is 89.3 Å². The van der Waals surface area contributed by atoms with Gasteiger partial charge < -0.3 is 0 Å². The van der Waals surface area contributed by atoms with Gasteiger partial charge in [0.2, 0.25) is 11.0 Å². The minimum absolute atomic E-state index is 0.0919. The number of aromatic nitrogens is 2. The number of nitrogens with one attached hydrogen (secondary N) is 1. The molecule has 4 aromatic rings. The molecule has 4 rings (SSSR count). The van der Waals surface area contributed by atoms with Gasteiger partial charge in [-0.05, 0) is 22.6 Å². The van der Waals surface area contributed by atoms with E-state index in [2.05, 4.69) is 44.7 Å². The van der Waals surface area contributed by atoms with Crippen LogP contribution < -0.4 is 5.32 Å². The predicted octanol–water partition coefficient (Wildman–Crippen LogP) is 4.91. The molecule has 29 heavy (non-hydrogen) atoms. The zero-order chi connectivity index (χ0) is 19.9. The Labute approximate surface area is 177 Å². The van der Waals surface area contributed by atoms with E-state index in [4.69, 9.17) is 0 Å². The van der Waals surface area contributed by atoms with Crippen LogP contribution in [0.5, 0.6) is 0 Å². The second-order valence-corrected chi connectivity index (χ2v) is 8.48. The summed E-state index contributed by atoms with van der Waals surface area (Å²) in [5, 5.41) is 14.5. The standard InChI is InChI=1S/C22H20N4OS2/c27-20(23-22-25-24-21(29-22)19-12-7-13-28-19)16-26(14-17-8-3-1-4-9-17)15-18-10-5-2-6-11-18/h1-13H,14-16H2,(H,23,25,27). The van der Waals surface area contributed by atoms with Gasteiger partial charge in [-0.1, -0.05) is 78.1 Å². The van der Waals surface area contributed by atoms with Gasteiger partial charge in [-0.3, -0.25) is 15.0 Å². The molecule has 5 nitrogen and oxygen atoms in total. The molecule has 2 aromatic carbocycles. The van der Waals surface area contributed by atoms with E-state index >= 15 is 0 Å². The maximum Gasteiger partial charge on any atom is 0.240 e. The fourth-order valence-corrected chi connectivity index (χ4v) is 4.54. The van der Waals surface area contributed by atoms with Gasteiger partial charge in [0, 0.05) is 13.1 Å². The summed E-state index contributed by atoms with van der Waals surface area (Å²) < 4.78 is 0. The topological polar surface area (TPSA) is 58.1 Å². The molecule has 1 amide bonds. The molecule has 146 valence electrons. The van der Waals surface area contributed by atoms with Gasteiger partial charge in [-0.2, -0.15) is 0 Å². The highest BCUT2D eigenvalue weighted by molar-refractivity contribution is 7.23. The van der Waals surface area contributed by atoms with E-state index in [1.807, 2.05) is 53.9 Å². The summed E-state index contributed by atoms with van der Waals surface area (Å²) >= 11 is 3.00. The zero-order valence-electron chi connectivity index (χ0n) is 15.7. The smallest absolute Gasteiger partial charge is 0.240 e. The molecule has 0 fully saturated rings. The first-order chi connectivity index (χ1) is 14.3. The van der Waals surface area contributed by atoms with Crippen LogP contribution in [0.4, 0.5) is 5.13 Å². The van der Waals surface area contributed by atoms with Crippen LogP contribution in [0.2, 0.25) is 0 Å². The number of hydrogen-bond acceptors (Lipinski definition) is 6. The summed E-state index contributed by atoms with van der Waals surface area (Å²) in [6, 6.07) is 24.4. The lowest BCUT2D eigenvalue weighted by Gasteiger charge is -2.21. The first kappa shape index (κ1) is 19.4. The van der Waals surface area contributed by atoms with Gasteiger partial charge in [-0.25, -0.2) is 0 Å². The lowest BCUT2D eigenvalue weighted by atomic mass is 10.1. The molecular weight excluding hydrogens is 400 g/mol. The van der Waals surface area contributed by atoms with Crippen molar-refractivity contribution < 1.29 is 4.79 Å². The molecule has 0 atom stereocenters. The molecule has 2 aromatic heterocycles. The average molecular weight is 421 g/mol. The molecule has 1 N–H and O–H groups in total. The van der Waals surface area contributed by atoms with Crippen LogP contribution in [0.1, 0.15) is 11.1 Å². The van der Waals surface area contributed by atoms with E-state index in [0.717, 1.165) is 9.88 Å². The van der Waals surface area contributed by atoms with Gasteiger partial charge in [0.05, 0.1) is 11.4 Å². The number of carbonyl (C=O) groups excluding carboxylic acids is 1. The lowest BCUT2D eigenvalue weighted by molar-refractivity contribution is -0.117. The first-order valence-electron chi connectivity index (χ1n) is 9.24. The van der Waals surface area contributed by atoms with Crippen LogP contribution in [-0.2, 0) is 17.9 Å². The van der Waals surface area contributed by atoms with Crippen molar-refractivity contribution in [3.63, 3.8) is 0 Å². The van der Waals surface area contributed by atoms with E-state index in [1.54, 1.807) is 11.3 Å². The molecular formula is C22H20N4OS2. The zero-order valence-corrected chi connectivity index (χ0v) is 17.3. The summed E-state index contributed by atoms with van der Waals surface area (Å²) in [5.74, 6) is -0.0919. The average Bonchev–Trinajstić information content (AvgIpc) is 3.41. The van der Waals surface area contributed by atoms with E-state index in [9.17, 15) is 4.79 Å². The quantitative estimate of drug-likeness (QED) is 0.440. The van der Waals surface area contributed by atoms with E-state index in [0.29, 0.717) is 18.2 Å². The van der Waals surface area contributed by atoms with E-state index < -0.39 is 0 Å². The van der Waals surface area contributed by atoms with E-state index in [1.165, 1.54) is 22.5 Å². The Morgan fingerprint density at radius 2 is 1.52 bits per heavy atom. The Balaban J connectivity index is 1.42. The lowest BCUT2D eigenvalue weighted by Crippen LogP contribution is -2.32. The Hall–Kier alpha value is -2.87. The third-order valence-corrected chi connectivity index (χ3v) is 6.15. The fraction of sp³-hybridized carbons (Fsp3) is 0.136. The Bertz CT molecular complexity index is 992. The van der Waals surface area contributed by atoms with Gasteiger partial charge in [0.15, 0.2) is 5.01 Å². The van der Waals surface area contributed by atoms with Crippen LogP contribution in [0, 0.1) is 0 Å². The highest BCUT2D eigenvalue weighted by Gasteiger charge is 2.15. The first-order valence-corrected chi connectivity index (χ1v) is 10.9. The van der Waals surface area contributed by atoms with Crippen LogP contribution in [0.25, 0.3) is 9.88 Å². The second-order valence-electron chi connectivity index (χ2n) is 6.55. The second kappa shape index (κ2) is 9.56. The third kappa shape index (κ3) is 5.57. The molecule has 0 spiro atoms. The number of benzene rings is 2. The maximum absolute atomic E-state index is 12.7. The SMILES string of the molecule is O=C(CN(Cc1ccccc1)Cc1ccccc1)Nc1nnc(-c2cccs2)s1. The third-order valence-electron chi connectivity index (χ3n) is 4.27. The molecule has 0 aliphatic heterocycles. The summed E-state index contributed by atoms with van der Waals surface area (Å²) in [7, 11) is 0. The van der Waals surface area contributed by atoms with Crippen LogP contribution in [0.15, 0.2) is 78.2 Å². The molecule has 2 heterocycles. The Morgan fingerprint density at radius 1 is 0.862 bits per heavy atom. The molecule has 0 aliphatic carbocycles. The van der Waals surface area contributed by atoms with Crippen molar-refractivity contribution in [2.45, 2.75) is 13.1 Å². The number of amides is 1. The highest BCUT2D eigenvalue weighted by Crippen LogP contribution is 2.29. The van der Waals surface area contributed by atoms with Crippen LogP contribution in [0.3, 0.4) is 0 Å². The van der Waals surface area contributed by atoms with Crippen molar-refractivity contribution >= 4 is 33.7 Å². The number of carbonyl (C=O) groups is 1. The minimum Gasteiger partial charge on any atom is -0.299 e. The highest BCUT2D eigenvalue weighted by atomic mass is 32.1. The Kier molecular flexibility index (Phi) is 6.41. The van der Waals surface area contributed by atoms with Crippen LogP contribution >= 0.6 is 22.7 Å². The normalized spacial score (nSPS) is 10.9. The van der Waals surface area contributed by atoms with Gasteiger partial charge >= 0.3 is 0 Å². The molecule has 0 radical (unpaired) electrons. The largest absolute Gasteiger partial charge is 0.299 e. The monoisotopic (exact) mass is 420 g/mol. The molecule has 0 unspecified atom stereocenters. The molecule has 0 aliphatic rings. The van der Waals surface area contributed by atoms with Crippen LogP contribution in [-0.4, -0.2) is 27.5 Å². The van der Waals surface area contributed by atoms with Crippen molar-refractivity contribution in [2.75, 3.05) is 11.9 Å². The number of hydrogen-bond donors (Lipinski definition) is 1. The number of nitrogens with zero attached hydrogens (tertiary/aromatic N) is 3. The summed E-state index contributed by atoms with van der Waals surface area (Å²) in [6.07, 6.45) is 0. The number of rotatable bonds is 8. The fourth-order valence-electron chi connectivity index (χ4n) is 2.99. The summed E-state index contributed by atoms with van der Waals surface area (Å²) in [6.45, 7) is 1.66.